The van der Waals surface area contributed by atoms with Crippen molar-refractivity contribution in [2.75, 3.05) is 6.61 Å². The topological polar surface area (TPSA) is 89.9 Å². The van der Waals surface area contributed by atoms with Crippen molar-refractivity contribution in [1.29, 1.82) is 0 Å². The molecule has 0 aromatic heterocycles. The van der Waals surface area contributed by atoms with E-state index in [1.54, 1.807) is 0 Å². The minimum absolute atomic E-state index is 0.168. The third-order valence-corrected chi connectivity index (χ3v) is 4.03. The van der Waals surface area contributed by atoms with Gasteiger partial charge in [0.05, 0.1) is 6.61 Å². The first-order valence-electron chi connectivity index (χ1n) is 6.25. The van der Waals surface area contributed by atoms with Gasteiger partial charge in [0, 0.05) is 5.92 Å². The van der Waals surface area contributed by atoms with Crippen LogP contribution in [0.5, 0.6) is 0 Å². The van der Waals surface area contributed by atoms with Crippen LogP contribution in [0.25, 0.3) is 0 Å². The predicted octanol–water partition coefficient (Wildman–Crippen LogP) is 2.34. The van der Waals surface area contributed by atoms with Gasteiger partial charge in [0.15, 0.2) is 0 Å². The van der Waals surface area contributed by atoms with Crippen molar-refractivity contribution in [3.05, 3.63) is 0 Å². The second-order valence-electron chi connectivity index (χ2n) is 4.50. The Balaban J connectivity index is 2.64. The molecule has 0 aliphatic heterocycles. The quantitative estimate of drug-likeness (QED) is 0.614. The average Bonchev–Trinajstić information content (AvgIpc) is 2.33. The molecule has 1 atom stereocenters. The maximum atomic E-state index is 11.3. The van der Waals surface area contributed by atoms with Crippen LogP contribution in [-0.2, 0) is 19.6 Å². The van der Waals surface area contributed by atoms with Gasteiger partial charge in [0.1, 0.15) is 0 Å². The lowest BCUT2D eigenvalue weighted by atomic mass is 9.90. The summed E-state index contributed by atoms with van der Waals surface area (Å²) in [6, 6.07) is 0. The predicted molar refractivity (Wildman–Crippen MR) is 64.6 cm³/mol. The lowest BCUT2D eigenvalue weighted by Gasteiger charge is -2.27. The van der Waals surface area contributed by atoms with Gasteiger partial charge in [-0.1, -0.05) is 26.2 Å². The molecule has 0 radical (unpaired) electrons. The van der Waals surface area contributed by atoms with E-state index in [0.717, 1.165) is 19.3 Å². The number of hydrogen-bond acceptors (Lipinski definition) is 5. The van der Waals surface area contributed by atoms with E-state index in [-0.39, 0.29) is 12.5 Å². The molecule has 1 rings (SSSR count). The Morgan fingerprint density at radius 2 is 1.94 bits per heavy atom. The Labute approximate surface area is 107 Å². The summed E-state index contributed by atoms with van der Waals surface area (Å²) in [5.74, 6) is -0.345. The zero-order valence-corrected chi connectivity index (χ0v) is 11.3. The van der Waals surface area contributed by atoms with Gasteiger partial charge in [-0.25, -0.2) is 4.79 Å². The molecular weight excluding hydrogens is 260 g/mol. The largest absolute Gasteiger partial charge is 0.509 e. The van der Waals surface area contributed by atoms with Gasteiger partial charge in [-0.05, 0) is 19.3 Å². The average molecular weight is 280 g/mol. The normalized spacial score (nSPS) is 19.2. The van der Waals surface area contributed by atoms with Gasteiger partial charge in [-0.15, -0.1) is 0 Å². The molecule has 6 nitrogen and oxygen atoms in total. The number of carbonyl (C=O) groups is 1. The van der Waals surface area contributed by atoms with Crippen LogP contribution in [0.15, 0.2) is 0 Å². The van der Waals surface area contributed by atoms with E-state index in [9.17, 15) is 13.2 Å². The maximum Gasteiger partial charge on any atom is 0.509 e. The Bertz CT molecular complexity index is 358. The zero-order valence-electron chi connectivity index (χ0n) is 10.5. The van der Waals surface area contributed by atoms with E-state index < -0.39 is 21.7 Å². The molecule has 0 amide bonds. The third kappa shape index (κ3) is 4.81. The molecule has 1 fully saturated rings. The molecular formula is C11H20O6S. The zero-order chi connectivity index (χ0) is 13.6. The molecule has 0 aromatic rings. The van der Waals surface area contributed by atoms with Crippen LogP contribution >= 0.6 is 0 Å². The van der Waals surface area contributed by atoms with Gasteiger partial charge in [0.25, 0.3) is 0 Å². The molecule has 1 aliphatic carbocycles. The molecule has 0 heterocycles. The summed E-state index contributed by atoms with van der Waals surface area (Å²) in [5.41, 5.74) is -1.50. The molecule has 7 heteroatoms. The van der Waals surface area contributed by atoms with Crippen molar-refractivity contribution in [1.82, 2.24) is 0 Å². The summed E-state index contributed by atoms with van der Waals surface area (Å²) in [5, 5.41) is 0. The molecule has 0 aromatic carbocycles. The fourth-order valence-corrected chi connectivity index (χ4v) is 3.08. The molecule has 0 bridgehead atoms. The number of carbonyl (C=O) groups excluding carboxylic acids is 1. The highest BCUT2D eigenvalue weighted by molar-refractivity contribution is 7.86. The van der Waals surface area contributed by atoms with Gasteiger partial charge in [0.2, 0.25) is 5.44 Å². The highest BCUT2D eigenvalue weighted by Gasteiger charge is 2.36. The highest BCUT2D eigenvalue weighted by Crippen LogP contribution is 2.30. The summed E-state index contributed by atoms with van der Waals surface area (Å²) in [6.07, 6.45) is 3.64. The van der Waals surface area contributed by atoms with Gasteiger partial charge in [-0.3, -0.25) is 4.55 Å². The van der Waals surface area contributed by atoms with Crippen LogP contribution in [0.2, 0.25) is 0 Å². The smallest absolute Gasteiger partial charge is 0.434 e. The van der Waals surface area contributed by atoms with Crippen molar-refractivity contribution in [3.63, 3.8) is 0 Å². The first-order chi connectivity index (χ1) is 8.45. The van der Waals surface area contributed by atoms with Crippen LogP contribution < -0.4 is 0 Å². The Kier molecular flexibility index (Phi) is 5.87. The second kappa shape index (κ2) is 6.94. The van der Waals surface area contributed by atoms with E-state index >= 15 is 0 Å². The first kappa shape index (κ1) is 15.2. The van der Waals surface area contributed by atoms with Crippen LogP contribution in [0.1, 0.15) is 45.4 Å². The molecule has 1 unspecified atom stereocenters. The molecule has 0 saturated heterocycles. The summed E-state index contributed by atoms with van der Waals surface area (Å²) in [6.45, 7) is 1.98. The van der Waals surface area contributed by atoms with E-state index in [1.165, 1.54) is 0 Å². The monoisotopic (exact) mass is 280 g/mol. The standard InChI is InChI=1S/C11H20O6S/c1-2-8-16-11(12)17-10(18(13,14)15)9-6-4-3-5-7-9/h9-10H,2-8H2,1H3,(H,13,14,15). The number of rotatable bonds is 5. The van der Waals surface area contributed by atoms with Crippen molar-refractivity contribution in [2.45, 2.75) is 50.9 Å². The van der Waals surface area contributed by atoms with Crippen molar-refractivity contribution < 1.29 is 27.2 Å². The van der Waals surface area contributed by atoms with Crippen LogP contribution in [0, 0.1) is 5.92 Å². The molecule has 1 aliphatic rings. The highest BCUT2D eigenvalue weighted by atomic mass is 32.2. The first-order valence-corrected chi connectivity index (χ1v) is 7.75. The summed E-state index contributed by atoms with van der Waals surface area (Å²) < 4.78 is 41.1. The molecule has 106 valence electrons. The molecule has 18 heavy (non-hydrogen) atoms. The fraction of sp³-hybridized carbons (Fsp3) is 0.909. The van der Waals surface area contributed by atoms with Gasteiger partial charge < -0.3 is 9.47 Å². The van der Waals surface area contributed by atoms with Crippen LogP contribution in [-0.4, -0.2) is 31.2 Å². The SMILES string of the molecule is CCCOC(=O)OC(C1CCCCC1)S(=O)(=O)O. The maximum absolute atomic E-state index is 11.3. The minimum atomic E-state index is -4.41. The number of hydrogen-bond donors (Lipinski definition) is 1. The minimum Gasteiger partial charge on any atom is -0.434 e. The molecule has 0 spiro atoms. The lowest BCUT2D eigenvalue weighted by Crippen LogP contribution is -2.35. The lowest BCUT2D eigenvalue weighted by molar-refractivity contribution is 0.0219. The van der Waals surface area contributed by atoms with E-state index in [2.05, 4.69) is 4.74 Å². The van der Waals surface area contributed by atoms with E-state index in [1.807, 2.05) is 6.92 Å². The number of ether oxygens (including phenoxy) is 2. The molecule has 1 saturated carbocycles. The van der Waals surface area contributed by atoms with Crippen molar-refractivity contribution in [2.24, 2.45) is 5.92 Å². The summed E-state index contributed by atoms with van der Waals surface area (Å²) >= 11 is 0. The summed E-state index contributed by atoms with van der Waals surface area (Å²) in [4.78, 5) is 11.3. The Morgan fingerprint density at radius 3 is 2.44 bits per heavy atom. The fourth-order valence-electron chi connectivity index (χ4n) is 2.12. The Hall–Kier alpha value is -0.820. The van der Waals surface area contributed by atoms with Crippen LogP contribution in [0.4, 0.5) is 4.79 Å². The molecule has 1 N–H and O–H groups in total. The second-order valence-corrected chi connectivity index (χ2v) is 5.99. The van der Waals surface area contributed by atoms with Gasteiger partial charge >= 0.3 is 16.3 Å². The van der Waals surface area contributed by atoms with Crippen molar-refractivity contribution >= 4 is 16.3 Å². The van der Waals surface area contributed by atoms with Crippen LogP contribution in [0.3, 0.4) is 0 Å². The van der Waals surface area contributed by atoms with E-state index in [4.69, 9.17) is 9.29 Å². The summed E-state index contributed by atoms with van der Waals surface area (Å²) in [7, 11) is -4.41. The van der Waals surface area contributed by atoms with Gasteiger partial charge in [-0.2, -0.15) is 8.42 Å². The van der Waals surface area contributed by atoms with Crippen molar-refractivity contribution in [3.8, 4) is 0 Å². The Morgan fingerprint density at radius 1 is 1.33 bits per heavy atom. The third-order valence-electron chi connectivity index (χ3n) is 2.96. The van der Waals surface area contributed by atoms with E-state index in [0.29, 0.717) is 19.3 Å².